The molecule has 0 radical (unpaired) electrons. The van der Waals surface area contributed by atoms with Crippen LogP contribution in [-0.2, 0) is 26.5 Å². The number of nitrogens with zero attached hydrogens (tertiary/aromatic N) is 1. The molecule has 0 aliphatic carbocycles. The van der Waals surface area contributed by atoms with Gasteiger partial charge in [0.1, 0.15) is 0 Å². The van der Waals surface area contributed by atoms with Gasteiger partial charge in [-0.25, -0.2) is 18.0 Å². The van der Waals surface area contributed by atoms with Crippen LogP contribution in [0.25, 0.3) is 32.9 Å². The first-order chi connectivity index (χ1) is 19.2. The van der Waals surface area contributed by atoms with Gasteiger partial charge in [0.2, 0.25) is 0 Å². The highest BCUT2D eigenvalue weighted by Gasteiger charge is 2.28. The minimum atomic E-state index is -4.11. The Morgan fingerprint density at radius 2 is 1.57 bits per heavy atom. The molecule has 0 aliphatic rings. The van der Waals surface area contributed by atoms with Crippen molar-refractivity contribution in [1.29, 1.82) is 0 Å². The molecule has 4 aromatic carbocycles. The molecule has 0 bridgehead atoms. The van der Waals surface area contributed by atoms with Crippen molar-refractivity contribution in [3.05, 3.63) is 95.6 Å². The topological polar surface area (TPSA) is 104 Å². The fraction of sp³-hybridized carbons (Fsp3) is 0.161. The third-order valence-electron chi connectivity index (χ3n) is 6.86. The van der Waals surface area contributed by atoms with Gasteiger partial charge >= 0.3 is 11.9 Å². The maximum absolute atomic E-state index is 13.7. The van der Waals surface area contributed by atoms with Crippen molar-refractivity contribution in [3.63, 3.8) is 0 Å². The highest BCUT2D eigenvalue weighted by molar-refractivity contribution is 7.92. The van der Waals surface area contributed by atoms with Gasteiger partial charge in [0.25, 0.3) is 10.0 Å². The molecular formula is C31H28N2O6S. The average molecular weight is 557 g/mol. The van der Waals surface area contributed by atoms with E-state index in [-0.39, 0.29) is 22.8 Å². The number of nitrogens with one attached hydrogen (secondary N) is 1. The number of carbonyl (C=O) groups is 2. The van der Waals surface area contributed by atoms with E-state index in [9.17, 15) is 18.0 Å². The summed E-state index contributed by atoms with van der Waals surface area (Å²) in [7, 11) is -0.920. The molecule has 1 N–H and O–H groups in total. The van der Waals surface area contributed by atoms with Crippen LogP contribution in [0.2, 0.25) is 0 Å². The molecule has 40 heavy (non-hydrogen) atoms. The number of para-hydroxylation sites is 1. The van der Waals surface area contributed by atoms with Crippen LogP contribution in [0.1, 0.15) is 33.2 Å². The van der Waals surface area contributed by atoms with Gasteiger partial charge in [-0.05, 0) is 55.8 Å². The van der Waals surface area contributed by atoms with Crippen molar-refractivity contribution in [1.82, 2.24) is 4.57 Å². The Balaban J connectivity index is 1.88. The van der Waals surface area contributed by atoms with E-state index in [1.807, 2.05) is 42.8 Å². The summed E-state index contributed by atoms with van der Waals surface area (Å²) < 4.78 is 42.3. The summed E-state index contributed by atoms with van der Waals surface area (Å²) in [4.78, 5) is 25.5. The molecule has 5 aromatic rings. The normalized spacial score (nSPS) is 11.5. The fourth-order valence-electron chi connectivity index (χ4n) is 4.88. The average Bonchev–Trinajstić information content (AvgIpc) is 3.24. The van der Waals surface area contributed by atoms with Gasteiger partial charge in [-0.1, -0.05) is 48.0 Å². The number of ether oxygens (including phenoxy) is 2. The summed E-state index contributed by atoms with van der Waals surface area (Å²) in [5.74, 6) is -1.16. The Kier molecular flexibility index (Phi) is 7.08. The second-order valence-corrected chi connectivity index (χ2v) is 11.0. The van der Waals surface area contributed by atoms with Crippen LogP contribution in [0.5, 0.6) is 0 Å². The number of benzene rings is 4. The number of aromatic nitrogens is 1. The molecule has 0 fully saturated rings. The zero-order chi connectivity index (χ0) is 28.6. The maximum Gasteiger partial charge on any atom is 0.340 e. The first-order valence-electron chi connectivity index (χ1n) is 12.7. The van der Waals surface area contributed by atoms with Crippen LogP contribution in [0.3, 0.4) is 0 Å². The van der Waals surface area contributed by atoms with Gasteiger partial charge in [0.05, 0.1) is 40.9 Å². The fourth-order valence-corrected chi connectivity index (χ4v) is 5.97. The molecule has 0 unspecified atom stereocenters. The van der Waals surface area contributed by atoms with Crippen molar-refractivity contribution in [2.45, 2.75) is 18.7 Å². The number of rotatable bonds is 7. The molecule has 1 heterocycles. The first-order valence-corrected chi connectivity index (χ1v) is 14.1. The molecule has 9 heteroatoms. The van der Waals surface area contributed by atoms with Crippen LogP contribution < -0.4 is 4.72 Å². The smallest absolute Gasteiger partial charge is 0.340 e. The van der Waals surface area contributed by atoms with Crippen molar-refractivity contribution in [2.75, 3.05) is 18.4 Å². The Labute approximate surface area is 232 Å². The lowest BCUT2D eigenvalue weighted by Crippen LogP contribution is -2.18. The van der Waals surface area contributed by atoms with Gasteiger partial charge in [-0.2, -0.15) is 0 Å². The summed E-state index contributed by atoms with van der Waals surface area (Å²) in [6, 6.07) is 22.5. The van der Waals surface area contributed by atoms with E-state index in [1.165, 1.54) is 19.2 Å². The number of anilines is 1. The predicted octanol–water partition coefficient (Wildman–Crippen LogP) is 6.07. The third-order valence-corrected chi connectivity index (χ3v) is 8.23. The van der Waals surface area contributed by atoms with Crippen molar-refractivity contribution >= 4 is 49.5 Å². The minimum Gasteiger partial charge on any atom is -0.465 e. The Hall–Kier alpha value is -4.63. The van der Waals surface area contributed by atoms with Crippen LogP contribution in [0.4, 0.5) is 5.69 Å². The number of aryl methyl sites for hydroxylation is 2. The number of fused-ring (bicyclic) bond motifs is 3. The van der Waals surface area contributed by atoms with Gasteiger partial charge in [0.15, 0.2) is 0 Å². The van der Waals surface area contributed by atoms with Gasteiger partial charge in [-0.3, -0.25) is 4.72 Å². The molecular weight excluding hydrogens is 528 g/mol. The van der Waals surface area contributed by atoms with Gasteiger partial charge in [0, 0.05) is 28.9 Å². The molecule has 8 nitrogen and oxygen atoms in total. The van der Waals surface area contributed by atoms with E-state index >= 15 is 0 Å². The van der Waals surface area contributed by atoms with E-state index in [2.05, 4.69) is 4.72 Å². The van der Waals surface area contributed by atoms with Crippen molar-refractivity contribution < 1.29 is 27.5 Å². The molecule has 0 saturated carbocycles. The molecule has 204 valence electrons. The summed E-state index contributed by atoms with van der Waals surface area (Å²) in [6.45, 7) is 3.67. The number of esters is 2. The second-order valence-electron chi connectivity index (χ2n) is 9.35. The Morgan fingerprint density at radius 1 is 0.900 bits per heavy atom. The lowest BCUT2D eigenvalue weighted by Gasteiger charge is -2.19. The van der Waals surface area contributed by atoms with Gasteiger partial charge in [-0.15, -0.1) is 0 Å². The van der Waals surface area contributed by atoms with Crippen LogP contribution in [0, 0.1) is 6.92 Å². The monoisotopic (exact) mass is 556 g/mol. The summed E-state index contributed by atoms with van der Waals surface area (Å²) >= 11 is 0. The van der Waals surface area contributed by atoms with E-state index in [1.54, 1.807) is 49.4 Å². The van der Waals surface area contributed by atoms with Crippen molar-refractivity contribution in [3.8, 4) is 11.1 Å². The number of hydrogen-bond acceptors (Lipinski definition) is 6. The second kappa shape index (κ2) is 10.5. The summed E-state index contributed by atoms with van der Waals surface area (Å²) in [5, 5.41) is 1.62. The predicted molar refractivity (Wildman–Crippen MR) is 155 cm³/mol. The van der Waals surface area contributed by atoms with Crippen molar-refractivity contribution in [2.24, 2.45) is 7.05 Å². The highest BCUT2D eigenvalue weighted by atomic mass is 32.2. The molecule has 0 amide bonds. The zero-order valence-electron chi connectivity index (χ0n) is 22.5. The minimum absolute atomic E-state index is 0.0536. The Bertz CT molecular complexity index is 1870. The van der Waals surface area contributed by atoms with Crippen LogP contribution >= 0.6 is 0 Å². The van der Waals surface area contributed by atoms with E-state index in [4.69, 9.17) is 9.47 Å². The molecule has 0 atom stereocenters. The number of sulfonamides is 1. The lowest BCUT2D eigenvalue weighted by atomic mass is 9.94. The SMILES string of the molecule is CCOC(=O)c1cc2c(c(-c3ccc(C(=O)OC)cc3)c1NS(=O)(=O)c1ccc(C)cc1)c1ccccc1n2C. The van der Waals surface area contributed by atoms with E-state index in [0.717, 1.165) is 27.4 Å². The molecule has 5 rings (SSSR count). The first kappa shape index (κ1) is 27.0. The lowest BCUT2D eigenvalue weighted by molar-refractivity contribution is 0.0526. The molecule has 0 spiro atoms. The standard InChI is InChI=1S/C31H28N2O6S/c1-5-39-31(35)24-18-26-28(23-8-6-7-9-25(23)33(26)3)27(20-12-14-21(15-13-20)30(34)38-4)29(24)32-40(36,37)22-16-10-19(2)11-17-22/h6-18,32H,5H2,1-4H3. The summed E-state index contributed by atoms with van der Waals surface area (Å²) in [6.07, 6.45) is 0. The quantitative estimate of drug-likeness (QED) is 0.244. The number of hydrogen-bond donors (Lipinski definition) is 1. The largest absolute Gasteiger partial charge is 0.465 e. The number of methoxy groups -OCH3 is 1. The van der Waals surface area contributed by atoms with E-state index < -0.39 is 22.0 Å². The molecule has 0 saturated heterocycles. The van der Waals surface area contributed by atoms with Crippen LogP contribution in [-0.4, -0.2) is 38.6 Å². The highest BCUT2D eigenvalue weighted by Crippen LogP contribution is 2.44. The van der Waals surface area contributed by atoms with Crippen LogP contribution in [0.15, 0.2) is 83.8 Å². The third kappa shape index (κ3) is 4.69. The maximum atomic E-state index is 13.7. The number of carbonyl (C=O) groups excluding carboxylic acids is 2. The van der Waals surface area contributed by atoms with E-state index in [0.29, 0.717) is 16.7 Å². The molecule has 1 aromatic heterocycles. The molecule has 0 aliphatic heterocycles. The zero-order valence-corrected chi connectivity index (χ0v) is 23.3. The van der Waals surface area contributed by atoms with Gasteiger partial charge < -0.3 is 14.0 Å². The summed E-state index contributed by atoms with van der Waals surface area (Å²) in [5.41, 5.74) is 4.12. The Morgan fingerprint density at radius 3 is 2.23 bits per heavy atom.